The molecule has 24 heavy (non-hydrogen) atoms. The van der Waals surface area contributed by atoms with Gasteiger partial charge in [0.05, 0.1) is 6.10 Å². The topological polar surface area (TPSA) is 53.6 Å². The van der Waals surface area contributed by atoms with Gasteiger partial charge >= 0.3 is 0 Å². The van der Waals surface area contributed by atoms with Gasteiger partial charge in [0, 0.05) is 6.61 Å². The monoisotopic (exact) mass is 332 g/mol. The van der Waals surface area contributed by atoms with E-state index in [1.807, 2.05) is 30.4 Å². The average Bonchev–Trinajstić information content (AvgIpc) is 3.04. The first-order valence-electron chi connectivity index (χ1n) is 9.14. The summed E-state index contributed by atoms with van der Waals surface area (Å²) >= 11 is 0. The summed E-state index contributed by atoms with van der Waals surface area (Å²) in [7, 11) is 0. The fourth-order valence-corrected chi connectivity index (χ4v) is 2.27. The van der Waals surface area contributed by atoms with E-state index < -0.39 is 6.10 Å². The summed E-state index contributed by atoms with van der Waals surface area (Å²) in [6, 6.07) is 3.82. The maximum absolute atomic E-state index is 9.93. The largest absolute Gasteiger partial charge is 0.457 e. The molecule has 0 spiro atoms. The second-order valence-corrected chi connectivity index (χ2v) is 5.99. The van der Waals surface area contributed by atoms with Gasteiger partial charge < -0.3 is 14.6 Å². The number of furan rings is 1. The number of unbranched alkanes of at least 4 members (excludes halogenated alkanes) is 5. The molecule has 3 nitrogen and oxygen atoms in total. The van der Waals surface area contributed by atoms with E-state index in [9.17, 15) is 5.11 Å². The SMILES string of the molecule is CCCCC/C=C/CC(O)/C=C/c1ccc(/C=C/CCCCO)o1. The Morgan fingerprint density at radius 1 is 0.958 bits per heavy atom. The lowest BCUT2D eigenvalue weighted by molar-refractivity contribution is 0.227. The maximum Gasteiger partial charge on any atom is 0.127 e. The molecule has 0 aliphatic rings. The summed E-state index contributed by atoms with van der Waals surface area (Å²) in [5, 5.41) is 18.6. The number of rotatable bonds is 13. The molecular formula is C21H32O3. The van der Waals surface area contributed by atoms with Crippen molar-refractivity contribution >= 4 is 12.2 Å². The van der Waals surface area contributed by atoms with Crippen LogP contribution in [0.25, 0.3) is 12.2 Å². The molecular weight excluding hydrogens is 300 g/mol. The van der Waals surface area contributed by atoms with Crippen molar-refractivity contribution < 1.29 is 14.6 Å². The Morgan fingerprint density at radius 2 is 1.67 bits per heavy atom. The summed E-state index contributed by atoms with van der Waals surface area (Å²) in [5.41, 5.74) is 0. The van der Waals surface area contributed by atoms with E-state index >= 15 is 0 Å². The van der Waals surface area contributed by atoms with Gasteiger partial charge in [-0.3, -0.25) is 0 Å². The van der Waals surface area contributed by atoms with E-state index in [1.54, 1.807) is 6.08 Å². The van der Waals surface area contributed by atoms with Crippen molar-refractivity contribution in [3.63, 3.8) is 0 Å². The normalized spacial score (nSPS) is 13.6. The van der Waals surface area contributed by atoms with Crippen LogP contribution in [0, 0.1) is 0 Å². The zero-order valence-corrected chi connectivity index (χ0v) is 14.9. The highest BCUT2D eigenvalue weighted by molar-refractivity contribution is 5.49. The zero-order chi connectivity index (χ0) is 17.5. The summed E-state index contributed by atoms with van der Waals surface area (Å²) in [6.45, 7) is 2.45. The Kier molecular flexibility index (Phi) is 11.8. The minimum atomic E-state index is -0.477. The van der Waals surface area contributed by atoms with Crippen LogP contribution in [0.1, 0.15) is 69.8 Å². The van der Waals surface area contributed by atoms with E-state index in [2.05, 4.69) is 19.1 Å². The number of allylic oxidation sites excluding steroid dienone is 2. The highest BCUT2D eigenvalue weighted by Crippen LogP contribution is 2.13. The third-order valence-electron chi connectivity index (χ3n) is 3.71. The molecule has 1 atom stereocenters. The molecule has 1 rings (SSSR count). The maximum atomic E-state index is 9.93. The molecule has 0 bridgehead atoms. The number of hydrogen-bond donors (Lipinski definition) is 2. The first kappa shape index (κ1) is 20.5. The Morgan fingerprint density at radius 3 is 2.42 bits per heavy atom. The Labute approximate surface area is 146 Å². The molecule has 1 aromatic rings. The lowest BCUT2D eigenvalue weighted by atomic mass is 10.1. The lowest BCUT2D eigenvalue weighted by Gasteiger charge is -2.00. The van der Waals surface area contributed by atoms with Crippen molar-refractivity contribution in [1.82, 2.24) is 0 Å². The van der Waals surface area contributed by atoms with Crippen LogP contribution in [0.5, 0.6) is 0 Å². The number of aliphatic hydroxyl groups is 2. The standard InChI is InChI=1S/C21H32O3/c1-2-3-4-5-6-9-12-19(23)14-15-21-17-16-20(24-21)13-10-7-8-11-18-22/h6,9-10,13-17,19,22-23H,2-5,7-8,11-12,18H2,1H3/b9-6+,13-10+,15-14+. The first-order valence-corrected chi connectivity index (χ1v) is 9.14. The molecule has 0 amide bonds. The summed E-state index contributed by atoms with van der Waals surface area (Å²) in [5.74, 6) is 1.56. The molecule has 0 saturated heterocycles. The van der Waals surface area contributed by atoms with Crippen LogP contribution in [0.2, 0.25) is 0 Å². The van der Waals surface area contributed by atoms with Gasteiger partial charge in [-0.1, -0.05) is 44.1 Å². The molecule has 2 N–H and O–H groups in total. The van der Waals surface area contributed by atoms with Gasteiger partial charge in [0.2, 0.25) is 0 Å². The minimum absolute atomic E-state index is 0.250. The zero-order valence-electron chi connectivity index (χ0n) is 14.9. The molecule has 0 aromatic carbocycles. The molecule has 1 heterocycles. The van der Waals surface area contributed by atoms with Crippen LogP contribution in [0.15, 0.2) is 40.9 Å². The molecule has 3 heteroatoms. The molecule has 0 aliphatic heterocycles. The third-order valence-corrected chi connectivity index (χ3v) is 3.71. The Balaban J connectivity index is 2.28. The second-order valence-electron chi connectivity index (χ2n) is 5.99. The van der Waals surface area contributed by atoms with Crippen LogP contribution in [0.3, 0.4) is 0 Å². The van der Waals surface area contributed by atoms with Crippen LogP contribution >= 0.6 is 0 Å². The van der Waals surface area contributed by atoms with Crippen LogP contribution in [-0.2, 0) is 0 Å². The summed E-state index contributed by atoms with van der Waals surface area (Å²) in [4.78, 5) is 0. The van der Waals surface area contributed by atoms with Gasteiger partial charge in [-0.2, -0.15) is 0 Å². The highest BCUT2D eigenvalue weighted by atomic mass is 16.3. The smallest absolute Gasteiger partial charge is 0.127 e. The van der Waals surface area contributed by atoms with Crippen molar-refractivity contribution in [2.24, 2.45) is 0 Å². The van der Waals surface area contributed by atoms with Crippen molar-refractivity contribution in [3.05, 3.63) is 48.0 Å². The number of hydrogen-bond acceptors (Lipinski definition) is 3. The molecule has 1 aromatic heterocycles. The van der Waals surface area contributed by atoms with E-state index in [4.69, 9.17) is 9.52 Å². The van der Waals surface area contributed by atoms with Gasteiger partial charge in [-0.15, -0.1) is 0 Å². The third kappa shape index (κ3) is 10.2. The fraction of sp³-hybridized carbons (Fsp3) is 0.524. The number of aliphatic hydroxyl groups excluding tert-OH is 2. The predicted octanol–water partition coefficient (Wildman–Crippen LogP) is 5.36. The first-order chi connectivity index (χ1) is 11.8. The van der Waals surface area contributed by atoms with Gasteiger partial charge in [-0.05, 0) is 62.8 Å². The molecule has 134 valence electrons. The second kappa shape index (κ2) is 13.8. The predicted molar refractivity (Wildman–Crippen MR) is 102 cm³/mol. The van der Waals surface area contributed by atoms with Gasteiger partial charge in [0.1, 0.15) is 11.5 Å². The van der Waals surface area contributed by atoms with Crippen molar-refractivity contribution in [1.29, 1.82) is 0 Å². The molecule has 1 unspecified atom stereocenters. The van der Waals surface area contributed by atoms with E-state index in [0.717, 1.165) is 37.2 Å². The molecule has 0 aliphatic carbocycles. The van der Waals surface area contributed by atoms with Gasteiger partial charge in [0.15, 0.2) is 0 Å². The average molecular weight is 332 g/mol. The van der Waals surface area contributed by atoms with E-state index in [0.29, 0.717) is 6.42 Å². The van der Waals surface area contributed by atoms with Crippen molar-refractivity contribution in [2.45, 2.75) is 64.4 Å². The van der Waals surface area contributed by atoms with Crippen molar-refractivity contribution in [3.8, 4) is 0 Å². The van der Waals surface area contributed by atoms with E-state index in [1.165, 1.54) is 19.3 Å². The van der Waals surface area contributed by atoms with Crippen LogP contribution in [0.4, 0.5) is 0 Å². The van der Waals surface area contributed by atoms with Crippen molar-refractivity contribution in [2.75, 3.05) is 6.61 Å². The molecule has 0 saturated carbocycles. The fourth-order valence-electron chi connectivity index (χ4n) is 2.27. The van der Waals surface area contributed by atoms with E-state index in [-0.39, 0.29) is 6.61 Å². The summed E-state index contributed by atoms with van der Waals surface area (Å²) < 4.78 is 5.66. The highest BCUT2D eigenvalue weighted by Gasteiger charge is 1.98. The Hall–Kier alpha value is -1.58. The molecule has 0 radical (unpaired) electrons. The lowest BCUT2D eigenvalue weighted by Crippen LogP contribution is -1.98. The molecule has 0 fully saturated rings. The quantitative estimate of drug-likeness (QED) is 0.378. The minimum Gasteiger partial charge on any atom is -0.457 e. The Bertz CT molecular complexity index is 497. The summed E-state index contributed by atoms with van der Waals surface area (Å²) in [6.07, 6.45) is 19.5. The van der Waals surface area contributed by atoms with Gasteiger partial charge in [-0.25, -0.2) is 0 Å². The van der Waals surface area contributed by atoms with Crippen LogP contribution < -0.4 is 0 Å². The van der Waals surface area contributed by atoms with Gasteiger partial charge in [0.25, 0.3) is 0 Å². The van der Waals surface area contributed by atoms with Crippen LogP contribution in [-0.4, -0.2) is 22.9 Å².